The zero-order chi connectivity index (χ0) is 13.2. The van der Waals surface area contributed by atoms with Gasteiger partial charge >= 0.3 is 0 Å². The Balaban J connectivity index is 1.68. The normalized spacial score (nSPS) is 14.8. The van der Waals surface area contributed by atoms with Crippen LogP contribution in [0.3, 0.4) is 0 Å². The molecule has 0 radical (unpaired) electrons. The van der Waals surface area contributed by atoms with Crippen molar-refractivity contribution < 1.29 is 0 Å². The lowest BCUT2D eigenvalue weighted by molar-refractivity contribution is 0.626. The largest absolute Gasteiger partial charge is 0.307 e. The van der Waals surface area contributed by atoms with Crippen molar-refractivity contribution in [2.24, 2.45) is 0 Å². The van der Waals surface area contributed by atoms with Gasteiger partial charge in [0.15, 0.2) is 5.82 Å². The molecule has 0 spiro atoms. The van der Waals surface area contributed by atoms with Crippen LogP contribution in [0.1, 0.15) is 35.4 Å². The summed E-state index contributed by atoms with van der Waals surface area (Å²) in [5.74, 6) is 0.887. The van der Waals surface area contributed by atoms with Crippen LogP contribution in [0.5, 0.6) is 0 Å². The highest BCUT2D eigenvalue weighted by Gasteiger charge is 2.20. The quantitative estimate of drug-likeness (QED) is 0.891. The van der Waals surface area contributed by atoms with E-state index < -0.39 is 0 Å². The molecule has 3 rings (SSSR count). The predicted octanol–water partition coefficient (Wildman–Crippen LogP) is 2.20. The highest BCUT2D eigenvalue weighted by molar-refractivity contribution is 5.33. The van der Waals surface area contributed by atoms with Gasteiger partial charge in [-0.1, -0.05) is 18.2 Å². The van der Waals surface area contributed by atoms with Gasteiger partial charge in [-0.05, 0) is 43.4 Å². The van der Waals surface area contributed by atoms with Crippen LogP contribution in [0.25, 0.3) is 0 Å². The molecule has 1 aliphatic carbocycles. The molecule has 0 unspecified atom stereocenters. The first kappa shape index (κ1) is 12.4. The Labute approximate surface area is 113 Å². The van der Waals surface area contributed by atoms with Crippen LogP contribution in [-0.4, -0.2) is 20.8 Å². The third-order valence-electron chi connectivity index (χ3n) is 3.67. The number of hydrogen-bond donors (Lipinski definition) is 1. The Hall–Kier alpha value is -1.68. The molecule has 0 aliphatic heterocycles. The van der Waals surface area contributed by atoms with Gasteiger partial charge in [-0.3, -0.25) is 0 Å². The van der Waals surface area contributed by atoms with Gasteiger partial charge in [0.05, 0.1) is 13.1 Å². The van der Waals surface area contributed by atoms with Crippen LogP contribution in [-0.2, 0) is 13.1 Å². The molecular weight excluding hydrogens is 236 g/mol. The second kappa shape index (κ2) is 5.13. The van der Waals surface area contributed by atoms with E-state index in [0.717, 1.165) is 18.9 Å². The first-order valence-electron chi connectivity index (χ1n) is 6.89. The van der Waals surface area contributed by atoms with Crippen molar-refractivity contribution in [3.8, 4) is 0 Å². The zero-order valence-electron chi connectivity index (χ0n) is 11.6. The highest BCUT2D eigenvalue weighted by Crippen LogP contribution is 2.19. The molecule has 1 aromatic heterocycles. The number of rotatable bonds is 5. The summed E-state index contributed by atoms with van der Waals surface area (Å²) in [6.45, 7) is 5.88. The number of aromatic nitrogens is 3. The summed E-state index contributed by atoms with van der Waals surface area (Å²) < 4.78 is 1.93. The minimum absolute atomic E-state index is 0.700. The van der Waals surface area contributed by atoms with Crippen LogP contribution in [0.4, 0.5) is 0 Å². The maximum absolute atomic E-state index is 4.53. The van der Waals surface area contributed by atoms with Gasteiger partial charge in [0.1, 0.15) is 6.33 Å². The molecule has 0 atom stereocenters. The topological polar surface area (TPSA) is 42.7 Å². The van der Waals surface area contributed by atoms with Gasteiger partial charge in [0.25, 0.3) is 0 Å². The summed E-state index contributed by atoms with van der Waals surface area (Å²) in [6, 6.07) is 7.09. The summed E-state index contributed by atoms with van der Waals surface area (Å²) >= 11 is 0. The van der Waals surface area contributed by atoms with Gasteiger partial charge in [-0.2, -0.15) is 5.10 Å². The summed E-state index contributed by atoms with van der Waals surface area (Å²) in [5.41, 5.74) is 3.97. The van der Waals surface area contributed by atoms with Crippen molar-refractivity contribution in [2.45, 2.75) is 45.8 Å². The van der Waals surface area contributed by atoms with E-state index in [2.05, 4.69) is 47.4 Å². The predicted molar refractivity (Wildman–Crippen MR) is 74.9 cm³/mol. The summed E-state index contributed by atoms with van der Waals surface area (Å²) in [6.07, 6.45) is 4.42. The Bertz CT molecular complexity index is 549. The van der Waals surface area contributed by atoms with E-state index >= 15 is 0 Å². The first-order valence-corrected chi connectivity index (χ1v) is 6.89. The number of benzene rings is 1. The Morgan fingerprint density at radius 2 is 2.00 bits per heavy atom. The minimum Gasteiger partial charge on any atom is -0.307 e. The maximum Gasteiger partial charge on any atom is 0.164 e. The molecule has 0 bridgehead atoms. The molecule has 4 heteroatoms. The molecule has 100 valence electrons. The van der Waals surface area contributed by atoms with Crippen molar-refractivity contribution in [2.75, 3.05) is 0 Å². The number of nitrogens with one attached hydrogen (secondary N) is 1. The summed E-state index contributed by atoms with van der Waals surface area (Å²) in [5, 5.41) is 7.97. The Morgan fingerprint density at radius 3 is 2.68 bits per heavy atom. The average molecular weight is 256 g/mol. The summed E-state index contributed by atoms with van der Waals surface area (Å²) in [4.78, 5) is 4.36. The summed E-state index contributed by atoms with van der Waals surface area (Å²) in [7, 11) is 0. The smallest absolute Gasteiger partial charge is 0.164 e. The van der Waals surface area contributed by atoms with Gasteiger partial charge in [-0.25, -0.2) is 9.67 Å². The van der Waals surface area contributed by atoms with E-state index in [1.54, 1.807) is 0 Å². The SMILES string of the molecule is Cc1cccc(C)c1Cn1cnc(CNC2CC2)n1. The molecule has 1 saturated carbocycles. The van der Waals surface area contributed by atoms with E-state index in [1.807, 2.05) is 11.0 Å². The Morgan fingerprint density at radius 1 is 1.26 bits per heavy atom. The van der Waals surface area contributed by atoms with Gasteiger partial charge in [0, 0.05) is 6.04 Å². The van der Waals surface area contributed by atoms with Crippen LogP contribution in [0.15, 0.2) is 24.5 Å². The number of hydrogen-bond acceptors (Lipinski definition) is 3. The van der Waals surface area contributed by atoms with Crippen LogP contribution in [0.2, 0.25) is 0 Å². The molecule has 2 aromatic rings. The molecule has 0 saturated heterocycles. The maximum atomic E-state index is 4.53. The van der Waals surface area contributed by atoms with Gasteiger partial charge in [0.2, 0.25) is 0 Å². The standard InChI is InChI=1S/C15H20N4/c1-11-4-3-5-12(2)14(11)9-19-10-17-15(18-19)8-16-13-6-7-13/h3-5,10,13,16H,6-9H2,1-2H3. The van der Waals surface area contributed by atoms with Crippen molar-refractivity contribution in [1.82, 2.24) is 20.1 Å². The molecule has 1 heterocycles. The van der Waals surface area contributed by atoms with Crippen molar-refractivity contribution in [3.05, 3.63) is 47.0 Å². The number of aryl methyl sites for hydroxylation is 2. The fraction of sp³-hybridized carbons (Fsp3) is 0.467. The zero-order valence-corrected chi connectivity index (χ0v) is 11.6. The second-order valence-corrected chi connectivity index (χ2v) is 5.38. The highest BCUT2D eigenvalue weighted by atomic mass is 15.3. The molecule has 1 aromatic carbocycles. The lowest BCUT2D eigenvalue weighted by Crippen LogP contribution is -2.16. The average Bonchev–Trinajstić information content (AvgIpc) is 3.11. The van der Waals surface area contributed by atoms with E-state index in [0.29, 0.717) is 6.04 Å². The van der Waals surface area contributed by atoms with E-state index in [-0.39, 0.29) is 0 Å². The van der Waals surface area contributed by atoms with E-state index in [1.165, 1.54) is 29.5 Å². The van der Waals surface area contributed by atoms with Gasteiger partial charge in [-0.15, -0.1) is 0 Å². The molecule has 4 nitrogen and oxygen atoms in total. The van der Waals surface area contributed by atoms with Crippen LogP contribution in [0, 0.1) is 13.8 Å². The third kappa shape index (κ3) is 3.01. The van der Waals surface area contributed by atoms with E-state index in [4.69, 9.17) is 0 Å². The third-order valence-corrected chi connectivity index (χ3v) is 3.67. The van der Waals surface area contributed by atoms with Gasteiger partial charge < -0.3 is 5.32 Å². The fourth-order valence-corrected chi connectivity index (χ4v) is 2.27. The second-order valence-electron chi connectivity index (χ2n) is 5.38. The molecule has 1 fully saturated rings. The molecule has 0 amide bonds. The monoisotopic (exact) mass is 256 g/mol. The minimum atomic E-state index is 0.700. The lowest BCUT2D eigenvalue weighted by Gasteiger charge is -2.09. The van der Waals surface area contributed by atoms with Crippen molar-refractivity contribution >= 4 is 0 Å². The fourth-order valence-electron chi connectivity index (χ4n) is 2.27. The molecule has 1 N–H and O–H groups in total. The molecular formula is C15H20N4. The Kier molecular flexibility index (Phi) is 3.34. The molecule has 19 heavy (non-hydrogen) atoms. The van der Waals surface area contributed by atoms with Crippen LogP contribution >= 0.6 is 0 Å². The number of nitrogens with zero attached hydrogens (tertiary/aromatic N) is 3. The van der Waals surface area contributed by atoms with Crippen molar-refractivity contribution in [3.63, 3.8) is 0 Å². The lowest BCUT2D eigenvalue weighted by atomic mass is 10.0. The molecule has 1 aliphatic rings. The van der Waals surface area contributed by atoms with E-state index in [9.17, 15) is 0 Å². The van der Waals surface area contributed by atoms with Crippen molar-refractivity contribution in [1.29, 1.82) is 0 Å². The first-order chi connectivity index (χ1) is 9.22. The van der Waals surface area contributed by atoms with Crippen LogP contribution < -0.4 is 5.32 Å².